The van der Waals surface area contributed by atoms with Crippen molar-refractivity contribution in [3.05, 3.63) is 30.3 Å². The summed E-state index contributed by atoms with van der Waals surface area (Å²) in [6.07, 6.45) is 3.18. The number of rotatable bonds is 2. The number of fused-ring (bicyclic) bond motifs is 3. The first kappa shape index (κ1) is 13.0. The zero-order valence-corrected chi connectivity index (χ0v) is 12.4. The minimum Gasteiger partial charge on any atom is -0.384 e. The van der Waals surface area contributed by atoms with E-state index in [9.17, 15) is 8.42 Å². The maximum absolute atomic E-state index is 12.8. The summed E-state index contributed by atoms with van der Waals surface area (Å²) in [4.78, 5) is 4.56. The largest absolute Gasteiger partial charge is 0.384 e. The van der Waals surface area contributed by atoms with Crippen molar-refractivity contribution >= 4 is 26.7 Å². The van der Waals surface area contributed by atoms with Crippen LogP contribution < -0.4 is 5.73 Å². The molecule has 2 unspecified atom stereocenters. The standard InChI is InChI=1S/C15H17N3O2S/c16-15-6-2-11-8-13(4-5-14(11)17-15)21(19,20)18-9-10-1-3-12(18)7-10/h2,4-6,8,10,12H,1,3,7,9H2,(H2,16,17). The highest BCUT2D eigenvalue weighted by molar-refractivity contribution is 7.89. The molecule has 21 heavy (non-hydrogen) atoms. The Bertz CT molecular complexity index is 819. The summed E-state index contributed by atoms with van der Waals surface area (Å²) in [6.45, 7) is 0.672. The summed E-state index contributed by atoms with van der Waals surface area (Å²) < 4.78 is 27.3. The molecular formula is C15H17N3O2S. The number of benzene rings is 1. The summed E-state index contributed by atoms with van der Waals surface area (Å²) >= 11 is 0. The summed E-state index contributed by atoms with van der Waals surface area (Å²) in [6, 6.07) is 8.76. The Hall–Kier alpha value is -1.66. The van der Waals surface area contributed by atoms with Gasteiger partial charge in [-0.3, -0.25) is 0 Å². The number of nitrogens with zero attached hydrogens (tertiary/aromatic N) is 2. The first-order chi connectivity index (χ1) is 10.0. The van der Waals surface area contributed by atoms with Crippen LogP contribution >= 0.6 is 0 Å². The molecule has 4 rings (SSSR count). The fraction of sp³-hybridized carbons (Fsp3) is 0.400. The van der Waals surface area contributed by atoms with Crippen molar-refractivity contribution in [2.24, 2.45) is 5.92 Å². The Morgan fingerprint density at radius 3 is 2.76 bits per heavy atom. The molecule has 6 heteroatoms. The van der Waals surface area contributed by atoms with Gasteiger partial charge in [-0.15, -0.1) is 0 Å². The number of nitrogen functional groups attached to an aromatic ring is 1. The molecule has 2 aliphatic rings. The van der Waals surface area contributed by atoms with Crippen molar-refractivity contribution in [1.29, 1.82) is 0 Å². The Morgan fingerprint density at radius 2 is 2.05 bits per heavy atom. The third kappa shape index (κ3) is 2.01. The number of piperidine rings is 1. The lowest BCUT2D eigenvalue weighted by Crippen LogP contribution is -2.37. The van der Waals surface area contributed by atoms with E-state index in [2.05, 4.69) is 4.98 Å². The maximum atomic E-state index is 12.8. The zero-order chi connectivity index (χ0) is 14.6. The van der Waals surface area contributed by atoms with Crippen LogP contribution in [0.1, 0.15) is 19.3 Å². The Morgan fingerprint density at radius 1 is 1.19 bits per heavy atom. The number of hydrogen-bond donors (Lipinski definition) is 1. The van der Waals surface area contributed by atoms with Crippen LogP contribution in [0.15, 0.2) is 35.2 Å². The van der Waals surface area contributed by atoms with Crippen LogP contribution in [0.25, 0.3) is 10.9 Å². The topological polar surface area (TPSA) is 76.3 Å². The van der Waals surface area contributed by atoms with Crippen LogP contribution in [0.3, 0.4) is 0 Å². The van der Waals surface area contributed by atoms with Gasteiger partial charge in [0.2, 0.25) is 10.0 Å². The molecule has 1 aromatic heterocycles. The van der Waals surface area contributed by atoms with Gasteiger partial charge < -0.3 is 5.73 Å². The number of nitrogens with two attached hydrogens (primary N) is 1. The fourth-order valence-electron chi connectivity index (χ4n) is 3.59. The molecule has 1 aromatic carbocycles. The van der Waals surface area contributed by atoms with Gasteiger partial charge in [-0.1, -0.05) is 0 Å². The maximum Gasteiger partial charge on any atom is 0.243 e. The lowest BCUT2D eigenvalue weighted by atomic mass is 10.1. The van der Waals surface area contributed by atoms with Crippen molar-refractivity contribution in [2.45, 2.75) is 30.2 Å². The van der Waals surface area contributed by atoms with E-state index >= 15 is 0 Å². The molecule has 2 bridgehead atoms. The zero-order valence-electron chi connectivity index (χ0n) is 11.6. The molecule has 5 nitrogen and oxygen atoms in total. The van der Waals surface area contributed by atoms with Crippen molar-refractivity contribution in [3.63, 3.8) is 0 Å². The average Bonchev–Trinajstić information content (AvgIpc) is 3.09. The minimum atomic E-state index is -3.40. The smallest absolute Gasteiger partial charge is 0.243 e. The van der Waals surface area contributed by atoms with E-state index < -0.39 is 10.0 Å². The summed E-state index contributed by atoms with van der Waals surface area (Å²) in [5.41, 5.74) is 6.37. The third-order valence-electron chi connectivity index (χ3n) is 4.65. The van der Waals surface area contributed by atoms with Crippen LogP contribution in [0.4, 0.5) is 5.82 Å². The molecule has 2 fully saturated rings. The van der Waals surface area contributed by atoms with Gasteiger partial charge in [-0.05, 0) is 55.5 Å². The summed E-state index contributed by atoms with van der Waals surface area (Å²) in [5.74, 6) is 0.988. The Kier molecular flexibility index (Phi) is 2.74. The lowest BCUT2D eigenvalue weighted by Gasteiger charge is -2.26. The van der Waals surface area contributed by atoms with Crippen molar-refractivity contribution in [3.8, 4) is 0 Å². The minimum absolute atomic E-state index is 0.195. The molecule has 2 N–H and O–H groups in total. The van der Waals surface area contributed by atoms with E-state index in [0.29, 0.717) is 23.2 Å². The van der Waals surface area contributed by atoms with Crippen LogP contribution in [0.5, 0.6) is 0 Å². The second-order valence-electron chi connectivity index (χ2n) is 6.00. The monoisotopic (exact) mass is 303 g/mol. The molecular weight excluding hydrogens is 286 g/mol. The highest BCUT2D eigenvalue weighted by Gasteiger charge is 2.44. The molecule has 2 atom stereocenters. The second kappa shape index (κ2) is 4.42. The van der Waals surface area contributed by atoms with E-state index in [1.54, 1.807) is 28.6 Å². The van der Waals surface area contributed by atoms with Gasteiger partial charge in [-0.2, -0.15) is 4.31 Å². The van der Waals surface area contributed by atoms with Crippen LogP contribution in [-0.2, 0) is 10.0 Å². The van der Waals surface area contributed by atoms with Crippen molar-refractivity contribution < 1.29 is 8.42 Å². The summed E-state index contributed by atoms with van der Waals surface area (Å²) in [7, 11) is -3.40. The number of anilines is 1. The van der Waals surface area contributed by atoms with Crippen LogP contribution in [0, 0.1) is 5.92 Å². The molecule has 1 aliphatic heterocycles. The van der Waals surface area contributed by atoms with E-state index in [-0.39, 0.29) is 6.04 Å². The van der Waals surface area contributed by atoms with Gasteiger partial charge in [0.25, 0.3) is 0 Å². The third-order valence-corrected chi connectivity index (χ3v) is 6.56. The van der Waals surface area contributed by atoms with Gasteiger partial charge >= 0.3 is 0 Å². The van der Waals surface area contributed by atoms with Gasteiger partial charge in [0.1, 0.15) is 5.82 Å². The first-order valence-corrected chi connectivity index (χ1v) is 8.66. The highest BCUT2D eigenvalue weighted by Crippen LogP contribution is 2.40. The molecule has 2 aromatic rings. The first-order valence-electron chi connectivity index (χ1n) is 7.22. The van der Waals surface area contributed by atoms with Crippen LogP contribution in [-0.4, -0.2) is 30.3 Å². The molecule has 1 saturated carbocycles. The van der Waals surface area contributed by atoms with E-state index in [0.717, 1.165) is 30.2 Å². The quantitative estimate of drug-likeness (QED) is 0.920. The normalized spacial score (nSPS) is 25.7. The molecule has 0 spiro atoms. The van der Waals surface area contributed by atoms with E-state index in [4.69, 9.17) is 5.73 Å². The number of pyridine rings is 1. The van der Waals surface area contributed by atoms with Gasteiger partial charge in [0, 0.05) is 18.0 Å². The number of sulfonamides is 1. The molecule has 1 aliphatic carbocycles. The SMILES string of the molecule is Nc1ccc2cc(S(=O)(=O)N3CC4CCC3C4)ccc2n1. The van der Waals surface area contributed by atoms with Gasteiger partial charge in [0.15, 0.2) is 0 Å². The average molecular weight is 303 g/mol. The van der Waals surface area contributed by atoms with Crippen molar-refractivity contribution in [1.82, 2.24) is 9.29 Å². The Labute approximate surface area is 123 Å². The van der Waals surface area contributed by atoms with E-state index in [1.165, 1.54) is 0 Å². The Balaban J connectivity index is 1.77. The number of aromatic nitrogens is 1. The fourth-order valence-corrected chi connectivity index (χ4v) is 5.37. The predicted octanol–water partition coefficient (Wildman–Crippen LogP) is 1.99. The molecule has 0 radical (unpaired) electrons. The lowest BCUT2D eigenvalue weighted by molar-refractivity contribution is 0.333. The van der Waals surface area contributed by atoms with Gasteiger partial charge in [-0.25, -0.2) is 13.4 Å². The molecule has 110 valence electrons. The highest BCUT2D eigenvalue weighted by atomic mass is 32.2. The molecule has 1 saturated heterocycles. The van der Waals surface area contributed by atoms with Crippen LogP contribution in [0.2, 0.25) is 0 Å². The second-order valence-corrected chi connectivity index (χ2v) is 7.89. The van der Waals surface area contributed by atoms with E-state index in [1.807, 2.05) is 6.07 Å². The predicted molar refractivity (Wildman–Crippen MR) is 81.2 cm³/mol. The van der Waals surface area contributed by atoms with Crippen molar-refractivity contribution in [2.75, 3.05) is 12.3 Å². The molecule has 0 amide bonds. The number of hydrogen-bond acceptors (Lipinski definition) is 4. The molecule has 2 heterocycles. The van der Waals surface area contributed by atoms with Gasteiger partial charge in [0.05, 0.1) is 10.4 Å². The summed E-state index contributed by atoms with van der Waals surface area (Å²) in [5, 5.41) is 0.801.